The summed E-state index contributed by atoms with van der Waals surface area (Å²) in [5.74, 6) is -0.878. The fourth-order valence-electron chi connectivity index (χ4n) is 4.28. The molecule has 7 nitrogen and oxygen atoms in total. The highest BCUT2D eigenvalue weighted by molar-refractivity contribution is 5.93. The average Bonchev–Trinajstić information content (AvgIpc) is 2.79. The Balaban J connectivity index is 2.56. The predicted molar refractivity (Wildman–Crippen MR) is 152 cm³/mol. The number of carbonyl (C=O) groups excluding carboxylic acids is 3. The number of rotatable bonds is 8. The maximum Gasteiger partial charge on any atom is 0.408 e. The standard InChI is InChI=1S/C31H45N3O4/c1-20(2)25(33-29(37)38-31(8,9)10)28(36)34(30(5,6)7)26(24-18-21(3)16-17-22(24)4)27(35)32-19-23-14-12-11-13-15-23/h11-18,20,25-26H,19H2,1-10H3,(H,32,35)(H,33,37). The summed E-state index contributed by atoms with van der Waals surface area (Å²) in [5.41, 5.74) is 2.14. The van der Waals surface area contributed by atoms with E-state index in [-0.39, 0.29) is 17.7 Å². The molecule has 0 fully saturated rings. The number of hydrogen-bond donors (Lipinski definition) is 2. The minimum absolute atomic E-state index is 0.244. The molecule has 38 heavy (non-hydrogen) atoms. The van der Waals surface area contributed by atoms with E-state index in [1.54, 1.807) is 25.7 Å². The number of nitrogens with zero attached hydrogens (tertiary/aromatic N) is 1. The summed E-state index contributed by atoms with van der Waals surface area (Å²) in [6.07, 6.45) is -0.671. The first-order valence-corrected chi connectivity index (χ1v) is 13.2. The van der Waals surface area contributed by atoms with Crippen molar-refractivity contribution < 1.29 is 19.1 Å². The van der Waals surface area contributed by atoms with Gasteiger partial charge >= 0.3 is 6.09 Å². The van der Waals surface area contributed by atoms with Gasteiger partial charge in [0.15, 0.2) is 0 Å². The van der Waals surface area contributed by atoms with Gasteiger partial charge in [0, 0.05) is 12.1 Å². The lowest BCUT2D eigenvalue weighted by molar-refractivity contribution is -0.149. The molecule has 208 valence electrons. The molecule has 0 aliphatic rings. The molecule has 0 aliphatic heterocycles. The Morgan fingerprint density at radius 2 is 1.53 bits per heavy atom. The maximum atomic E-state index is 14.3. The van der Waals surface area contributed by atoms with E-state index in [1.165, 1.54) is 0 Å². The van der Waals surface area contributed by atoms with Crippen molar-refractivity contribution >= 4 is 17.9 Å². The number of benzene rings is 2. The minimum Gasteiger partial charge on any atom is -0.444 e. The van der Waals surface area contributed by atoms with Crippen molar-refractivity contribution in [2.75, 3.05) is 0 Å². The van der Waals surface area contributed by atoms with Gasteiger partial charge in [-0.25, -0.2) is 4.79 Å². The van der Waals surface area contributed by atoms with Gasteiger partial charge in [-0.2, -0.15) is 0 Å². The van der Waals surface area contributed by atoms with Gasteiger partial charge in [-0.05, 0) is 78.0 Å². The molecule has 0 aromatic heterocycles. The minimum atomic E-state index is -0.909. The molecule has 0 aliphatic carbocycles. The summed E-state index contributed by atoms with van der Waals surface area (Å²) in [5, 5.41) is 5.82. The molecule has 2 aromatic rings. The van der Waals surface area contributed by atoms with Crippen molar-refractivity contribution in [1.29, 1.82) is 0 Å². The first-order valence-electron chi connectivity index (χ1n) is 13.2. The Kier molecular flexibility index (Phi) is 10.1. The summed E-state index contributed by atoms with van der Waals surface area (Å²) in [7, 11) is 0. The molecule has 2 aromatic carbocycles. The second kappa shape index (κ2) is 12.5. The average molecular weight is 524 g/mol. The van der Waals surface area contributed by atoms with Gasteiger partial charge < -0.3 is 20.3 Å². The third kappa shape index (κ3) is 8.61. The zero-order valence-electron chi connectivity index (χ0n) is 24.6. The van der Waals surface area contributed by atoms with Crippen LogP contribution >= 0.6 is 0 Å². The molecule has 2 rings (SSSR count). The second-order valence-corrected chi connectivity index (χ2v) is 12.2. The van der Waals surface area contributed by atoms with E-state index < -0.39 is 29.3 Å². The zero-order chi connectivity index (χ0) is 28.8. The van der Waals surface area contributed by atoms with E-state index in [9.17, 15) is 14.4 Å². The third-order valence-electron chi connectivity index (χ3n) is 6.11. The van der Waals surface area contributed by atoms with Gasteiger partial charge in [0.1, 0.15) is 17.7 Å². The number of alkyl carbamates (subject to hydrolysis) is 1. The number of aryl methyl sites for hydroxylation is 2. The number of amides is 3. The molecule has 0 bridgehead atoms. The van der Waals surface area contributed by atoms with E-state index in [4.69, 9.17) is 4.74 Å². The van der Waals surface area contributed by atoms with Gasteiger partial charge in [-0.3, -0.25) is 9.59 Å². The van der Waals surface area contributed by atoms with Crippen molar-refractivity contribution in [3.05, 3.63) is 70.8 Å². The van der Waals surface area contributed by atoms with Gasteiger partial charge in [0.25, 0.3) is 0 Å². The van der Waals surface area contributed by atoms with Crippen LogP contribution in [-0.2, 0) is 20.9 Å². The zero-order valence-corrected chi connectivity index (χ0v) is 24.6. The lowest BCUT2D eigenvalue weighted by Gasteiger charge is -2.44. The summed E-state index contributed by atoms with van der Waals surface area (Å²) >= 11 is 0. The van der Waals surface area contributed by atoms with E-state index in [1.807, 2.05) is 97.0 Å². The lowest BCUT2D eigenvalue weighted by Crippen LogP contribution is -2.60. The monoisotopic (exact) mass is 523 g/mol. The van der Waals surface area contributed by atoms with Gasteiger partial charge in [-0.15, -0.1) is 0 Å². The maximum absolute atomic E-state index is 14.3. The molecule has 7 heteroatoms. The van der Waals surface area contributed by atoms with Crippen molar-refractivity contribution in [2.24, 2.45) is 5.92 Å². The Morgan fingerprint density at radius 1 is 0.921 bits per heavy atom. The highest BCUT2D eigenvalue weighted by atomic mass is 16.6. The Morgan fingerprint density at radius 3 is 2.05 bits per heavy atom. The van der Waals surface area contributed by atoms with Crippen LogP contribution in [0.5, 0.6) is 0 Å². The van der Waals surface area contributed by atoms with Crippen LogP contribution in [0.2, 0.25) is 0 Å². The van der Waals surface area contributed by atoms with Crippen molar-refractivity contribution in [1.82, 2.24) is 15.5 Å². The van der Waals surface area contributed by atoms with Gasteiger partial charge in [0.2, 0.25) is 11.8 Å². The van der Waals surface area contributed by atoms with Gasteiger partial charge in [0.05, 0.1) is 0 Å². The van der Waals surface area contributed by atoms with Crippen LogP contribution < -0.4 is 10.6 Å². The highest BCUT2D eigenvalue weighted by Crippen LogP contribution is 2.33. The molecule has 0 saturated carbocycles. The Hall–Kier alpha value is -3.35. The number of nitrogens with one attached hydrogen (secondary N) is 2. The van der Waals surface area contributed by atoms with E-state index in [0.717, 1.165) is 22.3 Å². The van der Waals surface area contributed by atoms with E-state index >= 15 is 0 Å². The van der Waals surface area contributed by atoms with E-state index in [0.29, 0.717) is 6.54 Å². The Bertz CT molecular complexity index is 1110. The van der Waals surface area contributed by atoms with Crippen molar-refractivity contribution in [3.63, 3.8) is 0 Å². The fourth-order valence-corrected chi connectivity index (χ4v) is 4.28. The molecular weight excluding hydrogens is 478 g/mol. The normalized spacial score (nSPS) is 13.4. The van der Waals surface area contributed by atoms with Crippen LogP contribution in [0.25, 0.3) is 0 Å². The fraction of sp³-hybridized carbons (Fsp3) is 0.516. The summed E-state index contributed by atoms with van der Waals surface area (Å²) in [6, 6.07) is 13.8. The molecule has 0 spiro atoms. The molecular formula is C31H45N3O4. The van der Waals surface area contributed by atoms with E-state index in [2.05, 4.69) is 10.6 Å². The number of ether oxygens (including phenoxy) is 1. The number of hydrogen-bond acceptors (Lipinski definition) is 4. The highest BCUT2D eigenvalue weighted by Gasteiger charge is 2.43. The van der Waals surface area contributed by atoms with Crippen LogP contribution in [0.3, 0.4) is 0 Å². The van der Waals surface area contributed by atoms with Crippen molar-refractivity contribution in [3.8, 4) is 0 Å². The molecule has 0 saturated heterocycles. The SMILES string of the molecule is Cc1ccc(C)c(C(C(=O)NCc2ccccc2)N(C(=O)C(NC(=O)OC(C)(C)C)C(C)C)C(C)(C)C)c1. The third-order valence-corrected chi connectivity index (χ3v) is 6.11. The molecule has 2 atom stereocenters. The molecule has 3 amide bonds. The van der Waals surface area contributed by atoms with Crippen LogP contribution in [-0.4, -0.2) is 40.0 Å². The lowest BCUT2D eigenvalue weighted by atomic mass is 9.90. The molecule has 2 N–H and O–H groups in total. The van der Waals surface area contributed by atoms with Gasteiger partial charge in [-0.1, -0.05) is 67.9 Å². The van der Waals surface area contributed by atoms with Crippen LogP contribution in [0.15, 0.2) is 48.5 Å². The predicted octanol–water partition coefficient (Wildman–Crippen LogP) is 5.84. The summed E-state index contributed by atoms with van der Waals surface area (Å²) in [6.45, 7) is 19.0. The van der Waals surface area contributed by atoms with Crippen LogP contribution in [0.4, 0.5) is 4.79 Å². The molecule has 0 radical (unpaired) electrons. The topological polar surface area (TPSA) is 87.7 Å². The quantitative estimate of drug-likeness (QED) is 0.455. The largest absolute Gasteiger partial charge is 0.444 e. The molecule has 2 unspecified atom stereocenters. The summed E-state index contributed by atoms with van der Waals surface area (Å²) < 4.78 is 5.45. The van der Waals surface area contributed by atoms with Crippen LogP contribution in [0.1, 0.15) is 83.7 Å². The smallest absolute Gasteiger partial charge is 0.408 e. The first kappa shape index (κ1) is 30.9. The first-order chi connectivity index (χ1) is 17.5. The number of carbonyl (C=O) groups is 3. The van der Waals surface area contributed by atoms with Crippen molar-refractivity contribution in [2.45, 2.75) is 99.0 Å². The second-order valence-electron chi connectivity index (χ2n) is 12.2. The van der Waals surface area contributed by atoms with Crippen LogP contribution in [0, 0.1) is 19.8 Å². The summed E-state index contributed by atoms with van der Waals surface area (Å²) in [4.78, 5) is 42.6. The Labute approximate surface area is 228 Å². The molecule has 0 heterocycles.